The molecule has 0 heterocycles. The molecule has 0 radical (unpaired) electrons. The molecular weight excluding hydrogens is 224 g/mol. The van der Waals surface area contributed by atoms with Crippen LogP contribution in [0.4, 0.5) is 0 Å². The third-order valence-corrected chi connectivity index (χ3v) is 3.91. The van der Waals surface area contributed by atoms with E-state index < -0.39 is 5.97 Å². The molecule has 0 aromatic rings. The van der Waals surface area contributed by atoms with Crippen LogP contribution in [0.25, 0.3) is 0 Å². The molecule has 94 valence electrons. The van der Waals surface area contributed by atoms with Crippen LogP contribution in [0.5, 0.6) is 0 Å². The van der Waals surface area contributed by atoms with Gasteiger partial charge >= 0.3 is 5.97 Å². The summed E-state index contributed by atoms with van der Waals surface area (Å²) in [6, 6.07) is 0. The Morgan fingerprint density at radius 1 is 1.38 bits per heavy atom. The van der Waals surface area contributed by atoms with Crippen LogP contribution in [0.1, 0.15) is 40.0 Å². The van der Waals surface area contributed by atoms with E-state index in [-0.39, 0.29) is 17.1 Å². The van der Waals surface area contributed by atoms with Crippen molar-refractivity contribution in [3.05, 3.63) is 11.6 Å². The number of thioether (sulfide) groups is 1. The number of aliphatic hydroxyl groups excluding tert-OH is 1. The summed E-state index contributed by atoms with van der Waals surface area (Å²) in [5, 5.41) is 17.7. The first-order chi connectivity index (χ1) is 7.39. The fourth-order valence-corrected chi connectivity index (χ4v) is 2.38. The average Bonchev–Trinajstić information content (AvgIpc) is 2.15. The quantitative estimate of drug-likeness (QED) is 0.646. The summed E-state index contributed by atoms with van der Waals surface area (Å²) in [4.78, 5) is 10.5. The predicted octanol–water partition coefficient (Wildman–Crippen LogP) is 2.69. The van der Waals surface area contributed by atoms with Crippen molar-refractivity contribution in [1.82, 2.24) is 0 Å². The molecule has 0 aliphatic rings. The van der Waals surface area contributed by atoms with Gasteiger partial charge in [0.25, 0.3) is 0 Å². The van der Waals surface area contributed by atoms with Gasteiger partial charge in [-0.3, -0.25) is 4.79 Å². The third-order valence-electron chi connectivity index (χ3n) is 2.41. The molecule has 2 N–H and O–H groups in total. The highest BCUT2D eigenvalue weighted by Crippen LogP contribution is 2.33. The summed E-state index contributed by atoms with van der Waals surface area (Å²) >= 11 is 1.42. The van der Waals surface area contributed by atoms with Gasteiger partial charge in [0.2, 0.25) is 0 Å². The maximum absolute atomic E-state index is 10.5. The second-order valence-corrected chi connectivity index (χ2v) is 5.99. The lowest BCUT2D eigenvalue weighted by Crippen LogP contribution is -2.23. The molecule has 0 spiro atoms. The van der Waals surface area contributed by atoms with Gasteiger partial charge in [-0.1, -0.05) is 18.6 Å². The first-order valence-electron chi connectivity index (χ1n) is 5.49. The number of carboxylic acid groups (broad SMARTS) is 1. The van der Waals surface area contributed by atoms with Crippen molar-refractivity contribution in [3.8, 4) is 0 Å². The van der Waals surface area contributed by atoms with Crippen LogP contribution >= 0.6 is 11.8 Å². The fourth-order valence-electron chi connectivity index (χ4n) is 1.41. The lowest BCUT2D eigenvalue weighted by molar-refractivity contribution is -0.133. The summed E-state index contributed by atoms with van der Waals surface area (Å²) in [7, 11) is 0. The summed E-state index contributed by atoms with van der Waals surface area (Å²) < 4.78 is -0.140. The van der Waals surface area contributed by atoms with E-state index >= 15 is 0 Å². The molecule has 0 fully saturated rings. The minimum absolute atomic E-state index is 0.103. The minimum atomic E-state index is -0.795. The van der Waals surface area contributed by atoms with Gasteiger partial charge < -0.3 is 10.2 Å². The zero-order valence-corrected chi connectivity index (χ0v) is 11.1. The molecule has 0 saturated heterocycles. The lowest BCUT2D eigenvalue weighted by atomic mass is 10.0. The van der Waals surface area contributed by atoms with Gasteiger partial charge in [0, 0.05) is 11.4 Å². The smallest absolute Gasteiger partial charge is 0.313 e. The van der Waals surface area contributed by atoms with Crippen molar-refractivity contribution in [2.75, 3.05) is 12.4 Å². The first-order valence-corrected chi connectivity index (χ1v) is 6.48. The standard InChI is InChI=1S/C12H22O3S/c1-10(2)5-4-6-12(3,7-8-13)16-9-11(14)15/h5,13H,4,6-9H2,1-3H3,(H,14,15). The van der Waals surface area contributed by atoms with E-state index in [1.165, 1.54) is 17.3 Å². The van der Waals surface area contributed by atoms with Crippen molar-refractivity contribution in [2.24, 2.45) is 0 Å². The molecule has 0 bridgehead atoms. The van der Waals surface area contributed by atoms with Crippen LogP contribution in [0.15, 0.2) is 11.6 Å². The molecular formula is C12H22O3S. The Bertz CT molecular complexity index is 247. The molecule has 0 aromatic heterocycles. The largest absolute Gasteiger partial charge is 0.481 e. The summed E-state index contributed by atoms with van der Waals surface area (Å²) in [6.45, 7) is 6.23. The molecule has 1 unspecified atom stereocenters. The van der Waals surface area contributed by atoms with E-state index in [2.05, 4.69) is 6.08 Å². The first kappa shape index (κ1) is 15.5. The van der Waals surface area contributed by atoms with Crippen molar-refractivity contribution in [3.63, 3.8) is 0 Å². The SMILES string of the molecule is CC(C)=CCCC(C)(CCO)SCC(=O)O. The van der Waals surface area contributed by atoms with Crippen LogP contribution in [0, 0.1) is 0 Å². The van der Waals surface area contributed by atoms with Crippen LogP contribution in [0.3, 0.4) is 0 Å². The highest BCUT2D eigenvalue weighted by Gasteiger charge is 2.24. The maximum Gasteiger partial charge on any atom is 0.313 e. The minimum Gasteiger partial charge on any atom is -0.481 e. The van der Waals surface area contributed by atoms with Gasteiger partial charge in [-0.2, -0.15) is 0 Å². The number of aliphatic carboxylic acids is 1. The van der Waals surface area contributed by atoms with E-state index in [1.807, 2.05) is 20.8 Å². The van der Waals surface area contributed by atoms with Gasteiger partial charge in [0.05, 0.1) is 5.75 Å². The number of carboxylic acids is 1. The van der Waals surface area contributed by atoms with E-state index in [0.29, 0.717) is 6.42 Å². The molecule has 0 amide bonds. The van der Waals surface area contributed by atoms with Gasteiger partial charge in [0.15, 0.2) is 0 Å². The highest BCUT2D eigenvalue weighted by atomic mass is 32.2. The lowest BCUT2D eigenvalue weighted by Gasteiger charge is -2.27. The van der Waals surface area contributed by atoms with Gasteiger partial charge in [-0.05, 0) is 33.1 Å². The van der Waals surface area contributed by atoms with Crippen molar-refractivity contribution in [2.45, 2.75) is 44.8 Å². The number of aliphatic hydroxyl groups is 1. The average molecular weight is 246 g/mol. The summed E-state index contributed by atoms with van der Waals surface area (Å²) in [5.74, 6) is -0.693. The second-order valence-electron chi connectivity index (χ2n) is 4.43. The van der Waals surface area contributed by atoms with Gasteiger partial charge in [-0.25, -0.2) is 0 Å². The van der Waals surface area contributed by atoms with Crippen LogP contribution in [-0.4, -0.2) is 33.3 Å². The highest BCUT2D eigenvalue weighted by molar-refractivity contribution is 8.01. The number of hydrogen-bond donors (Lipinski definition) is 2. The Morgan fingerprint density at radius 2 is 2.00 bits per heavy atom. The Labute approximate surface area is 102 Å². The van der Waals surface area contributed by atoms with Crippen LogP contribution in [-0.2, 0) is 4.79 Å². The Balaban J connectivity index is 4.20. The topological polar surface area (TPSA) is 57.5 Å². The zero-order valence-electron chi connectivity index (χ0n) is 10.3. The Kier molecular flexibility index (Phi) is 7.51. The van der Waals surface area contributed by atoms with Crippen molar-refractivity contribution < 1.29 is 15.0 Å². The molecule has 4 heteroatoms. The van der Waals surface area contributed by atoms with E-state index in [0.717, 1.165) is 12.8 Å². The van der Waals surface area contributed by atoms with Crippen molar-refractivity contribution in [1.29, 1.82) is 0 Å². The molecule has 0 saturated carbocycles. The summed E-state index contributed by atoms with van der Waals surface area (Å²) in [5.41, 5.74) is 1.27. The normalized spacial score (nSPS) is 14.2. The molecule has 3 nitrogen and oxygen atoms in total. The Morgan fingerprint density at radius 3 is 2.44 bits per heavy atom. The zero-order chi connectivity index (χ0) is 12.6. The predicted molar refractivity (Wildman–Crippen MR) is 68.9 cm³/mol. The molecule has 16 heavy (non-hydrogen) atoms. The molecule has 0 aromatic carbocycles. The Hall–Kier alpha value is -0.480. The number of allylic oxidation sites excluding steroid dienone is 2. The molecule has 0 aliphatic carbocycles. The van der Waals surface area contributed by atoms with E-state index in [1.54, 1.807) is 0 Å². The van der Waals surface area contributed by atoms with Gasteiger partial charge in [0.1, 0.15) is 0 Å². The van der Waals surface area contributed by atoms with E-state index in [4.69, 9.17) is 10.2 Å². The number of hydrogen-bond acceptors (Lipinski definition) is 3. The summed E-state index contributed by atoms with van der Waals surface area (Å²) in [6.07, 6.45) is 4.63. The number of rotatable bonds is 8. The fraction of sp³-hybridized carbons (Fsp3) is 0.750. The number of carbonyl (C=O) groups is 1. The third kappa shape index (κ3) is 7.77. The molecule has 1 atom stereocenters. The monoisotopic (exact) mass is 246 g/mol. The second kappa shape index (κ2) is 7.74. The van der Waals surface area contributed by atoms with Crippen molar-refractivity contribution >= 4 is 17.7 Å². The molecule has 0 aliphatic heterocycles. The van der Waals surface area contributed by atoms with Gasteiger partial charge in [-0.15, -0.1) is 11.8 Å². The molecule has 0 rings (SSSR count). The van der Waals surface area contributed by atoms with Crippen LogP contribution in [0.2, 0.25) is 0 Å². The van der Waals surface area contributed by atoms with Crippen LogP contribution < -0.4 is 0 Å². The maximum atomic E-state index is 10.5. The van der Waals surface area contributed by atoms with E-state index in [9.17, 15) is 4.79 Å².